The zero-order valence-electron chi connectivity index (χ0n) is 13.1. The van der Waals surface area contributed by atoms with Crippen molar-refractivity contribution < 1.29 is 9.53 Å². The summed E-state index contributed by atoms with van der Waals surface area (Å²) in [4.78, 5) is 20.5. The second-order valence-corrected chi connectivity index (χ2v) is 5.38. The molecule has 1 heterocycles. The third kappa shape index (κ3) is 3.42. The van der Waals surface area contributed by atoms with Gasteiger partial charge in [0.05, 0.1) is 18.5 Å². The third-order valence-electron chi connectivity index (χ3n) is 3.43. The van der Waals surface area contributed by atoms with Gasteiger partial charge in [-0.2, -0.15) is 0 Å². The number of ether oxygens (including phenoxy) is 1. The van der Waals surface area contributed by atoms with Gasteiger partial charge in [0, 0.05) is 5.92 Å². The number of aromatic nitrogens is 2. The molecule has 5 heteroatoms. The van der Waals surface area contributed by atoms with Crippen molar-refractivity contribution >= 4 is 11.8 Å². The fraction of sp³-hybridized carbons (Fsp3) is 0.353. The maximum Gasteiger partial charge on any atom is 0.360 e. The van der Waals surface area contributed by atoms with Crippen molar-refractivity contribution in [2.45, 2.75) is 26.7 Å². The van der Waals surface area contributed by atoms with Crippen LogP contribution in [-0.4, -0.2) is 22.5 Å². The predicted molar refractivity (Wildman–Crippen MR) is 85.5 cm³/mol. The highest BCUT2D eigenvalue weighted by atomic mass is 16.5. The van der Waals surface area contributed by atoms with E-state index in [0.717, 1.165) is 11.3 Å². The fourth-order valence-electron chi connectivity index (χ4n) is 2.47. The van der Waals surface area contributed by atoms with Crippen LogP contribution in [0.25, 0.3) is 0 Å². The Morgan fingerprint density at radius 1 is 1.27 bits per heavy atom. The molecule has 1 aromatic heterocycles. The van der Waals surface area contributed by atoms with Gasteiger partial charge in [0.1, 0.15) is 0 Å². The molecule has 0 spiro atoms. The van der Waals surface area contributed by atoms with Crippen LogP contribution in [-0.2, 0) is 4.74 Å². The maximum absolute atomic E-state index is 11.9. The van der Waals surface area contributed by atoms with Crippen molar-refractivity contribution in [2.24, 2.45) is 5.92 Å². The predicted octanol–water partition coefficient (Wildman–Crippen LogP) is 3.02. The first-order valence-corrected chi connectivity index (χ1v) is 7.39. The summed E-state index contributed by atoms with van der Waals surface area (Å²) in [5.74, 6) is -0.0967. The Kier molecular flexibility index (Phi) is 5.09. The first kappa shape index (κ1) is 15.9. The van der Waals surface area contributed by atoms with Gasteiger partial charge in [0.15, 0.2) is 11.5 Å². The van der Waals surface area contributed by atoms with E-state index < -0.39 is 5.97 Å². The molecule has 2 rings (SSSR count). The number of nitrogen functional groups attached to an aromatic ring is 1. The summed E-state index contributed by atoms with van der Waals surface area (Å²) in [6, 6.07) is 10.0. The molecule has 116 valence electrons. The number of benzene rings is 1. The lowest BCUT2D eigenvalue weighted by molar-refractivity contribution is 0.0520. The zero-order valence-corrected chi connectivity index (χ0v) is 13.1. The number of nitrogens with zero attached hydrogens (tertiary/aromatic N) is 2. The summed E-state index contributed by atoms with van der Waals surface area (Å²) in [6.45, 7) is 6.24. The van der Waals surface area contributed by atoms with Gasteiger partial charge in [-0.15, -0.1) is 0 Å². The Balaban J connectivity index is 2.45. The molecule has 0 saturated heterocycles. The van der Waals surface area contributed by atoms with Crippen molar-refractivity contribution in [1.29, 1.82) is 0 Å². The molecule has 2 N–H and O–H groups in total. The highest BCUT2D eigenvalue weighted by Gasteiger charge is 2.23. The topological polar surface area (TPSA) is 78.1 Å². The van der Waals surface area contributed by atoms with Gasteiger partial charge in [-0.25, -0.2) is 14.8 Å². The van der Waals surface area contributed by atoms with E-state index in [2.05, 4.69) is 23.8 Å². The Morgan fingerprint density at radius 3 is 2.55 bits per heavy atom. The van der Waals surface area contributed by atoms with Gasteiger partial charge in [0.25, 0.3) is 0 Å². The van der Waals surface area contributed by atoms with E-state index in [0.29, 0.717) is 5.92 Å². The minimum Gasteiger partial charge on any atom is -0.461 e. The number of rotatable bonds is 5. The zero-order chi connectivity index (χ0) is 16.1. The molecule has 0 aliphatic heterocycles. The Hall–Kier alpha value is -2.43. The fourth-order valence-corrected chi connectivity index (χ4v) is 2.47. The van der Waals surface area contributed by atoms with Crippen LogP contribution in [0, 0.1) is 5.92 Å². The van der Waals surface area contributed by atoms with Crippen molar-refractivity contribution in [3.05, 3.63) is 53.5 Å². The van der Waals surface area contributed by atoms with Gasteiger partial charge in [-0.1, -0.05) is 44.2 Å². The number of anilines is 1. The first-order valence-electron chi connectivity index (χ1n) is 7.39. The standard InChI is InChI=1S/C17H21N3O2/c1-4-22-17(21)15-16(18)19-10-13(20-15)14(11(2)3)12-8-6-5-7-9-12/h5-11,14H,4H2,1-3H3,(H2,18,19). The van der Waals surface area contributed by atoms with Crippen molar-refractivity contribution in [3.63, 3.8) is 0 Å². The van der Waals surface area contributed by atoms with Crippen LogP contribution in [0.2, 0.25) is 0 Å². The van der Waals surface area contributed by atoms with Crippen molar-refractivity contribution in [2.75, 3.05) is 12.3 Å². The summed E-state index contributed by atoms with van der Waals surface area (Å²) in [6.07, 6.45) is 1.63. The van der Waals surface area contributed by atoms with Crippen LogP contribution in [0.15, 0.2) is 36.5 Å². The lowest BCUT2D eigenvalue weighted by atomic mass is 9.86. The van der Waals surface area contributed by atoms with Crippen LogP contribution in [0.3, 0.4) is 0 Å². The molecule has 0 radical (unpaired) electrons. The molecule has 1 unspecified atom stereocenters. The number of carbonyl (C=O) groups is 1. The van der Waals surface area contributed by atoms with E-state index in [-0.39, 0.29) is 24.0 Å². The highest BCUT2D eigenvalue weighted by Crippen LogP contribution is 2.30. The number of esters is 1. The van der Waals surface area contributed by atoms with E-state index in [4.69, 9.17) is 10.5 Å². The van der Waals surface area contributed by atoms with Gasteiger partial charge >= 0.3 is 5.97 Å². The average Bonchev–Trinajstić information content (AvgIpc) is 2.50. The third-order valence-corrected chi connectivity index (χ3v) is 3.43. The lowest BCUT2D eigenvalue weighted by Crippen LogP contribution is -2.17. The molecule has 5 nitrogen and oxygen atoms in total. The number of nitrogens with two attached hydrogens (primary N) is 1. The monoisotopic (exact) mass is 299 g/mol. The molecule has 22 heavy (non-hydrogen) atoms. The van der Waals surface area contributed by atoms with Gasteiger partial charge in [-0.05, 0) is 18.4 Å². The van der Waals surface area contributed by atoms with Gasteiger partial charge in [-0.3, -0.25) is 0 Å². The number of hydrogen-bond acceptors (Lipinski definition) is 5. The smallest absolute Gasteiger partial charge is 0.360 e. The van der Waals surface area contributed by atoms with E-state index in [1.54, 1.807) is 13.1 Å². The minimum absolute atomic E-state index is 0.0440. The normalized spacial score (nSPS) is 12.2. The Bertz CT molecular complexity index is 642. The number of carbonyl (C=O) groups excluding carboxylic acids is 1. The molecule has 2 aromatic rings. The summed E-state index contributed by atoms with van der Waals surface area (Å²) >= 11 is 0. The molecule has 0 aliphatic rings. The molecule has 0 fully saturated rings. The first-order chi connectivity index (χ1) is 10.5. The van der Waals surface area contributed by atoms with E-state index >= 15 is 0 Å². The second kappa shape index (κ2) is 7.02. The quantitative estimate of drug-likeness (QED) is 0.859. The van der Waals surface area contributed by atoms with Crippen LogP contribution >= 0.6 is 0 Å². The van der Waals surface area contributed by atoms with Crippen molar-refractivity contribution in [3.8, 4) is 0 Å². The highest BCUT2D eigenvalue weighted by molar-refractivity contribution is 5.91. The average molecular weight is 299 g/mol. The summed E-state index contributed by atoms with van der Waals surface area (Å²) in [5.41, 5.74) is 7.70. The van der Waals surface area contributed by atoms with Crippen LogP contribution in [0.5, 0.6) is 0 Å². The number of hydrogen-bond donors (Lipinski definition) is 1. The van der Waals surface area contributed by atoms with Gasteiger partial charge in [0.2, 0.25) is 0 Å². The molecular formula is C17H21N3O2. The molecule has 0 bridgehead atoms. The second-order valence-electron chi connectivity index (χ2n) is 5.38. The van der Waals surface area contributed by atoms with Crippen LogP contribution in [0.1, 0.15) is 48.4 Å². The Morgan fingerprint density at radius 2 is 1.95 bits per heavy atom. The van der Waals surface area contributed by atoms with Crippen molar-refractivity contribution in [1.82, 2.24) is 9.97 Å². The summed E-state index contributed by atoms with van der Waals surface area (Å²) < 4.78 is 4.99. The molecule has 0 saturated carbocycles. The SMILES string of the molecule is CCOC(=O)c1nc(C(c2ccccc2)C(C)C)cnc1N. The summed E-state index contributed by atoms with van der Waals surface area (Å²) in [7, 11) is 0. The molecule has 1 aromatic carbocycles. The largest absolute Gasteiger partial charge is 0.461 e. The van der Waals surface area contributed by atoms with E-state index in [9.17, 15) is 4.79 Å². The Labute approximate surface area is 130 Å². The van der Waals surface area contributed by atoms with E-state index in [1.807, 2.05) is 30.3 Å². The molecule has 0 aliphatic carbocycles. The molecular weight excluding hydrogens is 278 g/mol. The summed E-state index contributed by atoms with van der Waals surface area (Å²) in [5, 5.41) is 0. The molecule has 0 amide bonds. The lowest BCUT2D eigenvalue weighted by Gasteiger charge is -2.21. The maximum atomic E-state index is 11.9. The van der Waals surface area contributed by atoms with Gasteiger partial charge < -0.3 is 10.5 Å². The van der Waals surface area contributed by atoms with Crippen LogP contribution < -0.4 is 5.73 Å². The minimum atomic E-state index is -0.537. The van der Waals surface area contributed by atoms with Crippen LogP contribution in [0.4, 0.5) is 5.82 Å². The van der Waals surface area contributed by atoms with E-state index in [1.165, 1.54) is 0 Å². The molecule has 1 atom stereocenters.